The lowest BCUT2D eigenvalue weighted by atomic mass is 9.94. The van der Waals surface area contributed by atoms with Crippen molar-refractivity contribution >= 4 is 0 Å². The van der Waals surface area contributed by atoms with Crippen molar-refractivity contribution in [2.24, 2.45) is 0 Å². The molecule has 6 heteroatoms. The van der Waals surface area contributed by atoms with E-state index in [1.165, 1.54) is 14.0 Å². The Bertz CT molecular complexity index is 197. The van der Waals surface area contributed by atoms with Gasteiger partial charge in [0.05, 0.1) is 0 Å². The fourth-order valence-corrected chi connectivity index (χ4v) is 1.74. The Labute approximate surface area is 94.9 Å². The Balaban J connectivity index is 2.50. The van der Waals surface area contributed by atoms with Gasteiger partial charge in [0.2, 0.25) is 11.6 Å². The first kappa shape index (κ1) is 13.8. The third-order valence-corrected chi connectivity index (χ3v) is 3.00. The molecular weight excluding hydrogens is 216 g/mol. The van der Waals surface area contributed by atoms with E-state index in [0.29, 0.717) is 12.8 Å². The van der Waals surface area contributed by atoms with Crippen LogP contribution < -0.4 is 0 Å². The average Bonchev–Trinajstić information content (AvgIpc) is 2.37. The van der Waals surface area contributed by atoms with Gasteiger partial charge in [-0.1, -0.05) is 6.42 Å². The third kappa shape index (κ3) is 3.38. The number of hydrogen-bond donors (Lipinski definition) is 2. The molecule has 6 nitrogen and oxygen atoms in total. The summed E-state index contributed by atoms with van der Waals surface area (Å²) in [4.78, 5) is 8.63. The van der Waals surface area contributed by atoms with Gasteiger partial charge in [0.1, 0.15) is 6.61 Å². The standard InChI is InChI=1S/C10H20O6/c1-9(13-2,15-11)8-14-10(16-12)6-4-3-5-7-10/h11-12H,3-8H2,1-2H3. The van der Waals surface area contributed by atoms with E-state index >= 15 is 0 Å². The summed E-state index contributed by atoms with van der Waals surface area (Å²) in [6.07, 6.45) is 4.21. The molecule has 1 saturated carbocycles. The zero-order chi connectivity index (χ0) is 12.1. The first-order chi connectivity index (χ1) is 7.60. The molecule has 0 aromatic carbocycles. The van der Waals surface area contributed by atoms with Crippen molar-refractivity contribution in [3.8, 4) is 0 Å². The molecular formula is C10H20O6. The minimum Gasteiger partial charge on any atom is -0.349 e. The van der Waals surface area contributed by atoms with Crippen molar-refractivity contribution in [3.63, 3.8) is 0 Å². The Morgan fingerprint density at radius 2 is 1.81 bits per heavy atom. The Morgan fingerprint density at radius 1 is 1.19 bits per heavy atom. The fraction of sp³-hybridized carbons (Fsp3) is 1.00. The normalized spacial score (nSPS) is 24.0. The lowest BCUT2D eigenvalue weighted by Gasteiger charge is -2.36. The molecule has 0 aromatic rings. The van der Waals surface area contributed by atoms with Crippen LogP contribution in [0.15, 0.2) is 0 Å². The number of rotatable bonds is 6. The maximum absolute atomic E-state index is 8.91. The molecule has 0 aromatic heterocycles. The topological polar surface area (TPSA) is 77.4 Å². The Morgan fingerprint density at radius 3 is 2.25 bits per heavy atom. The molecule has 1 fully saturated rings. The van der Waals surface area contributed by atoms with Crippen LogP contribution in [0.3, 0.4) is 0 Å². The lowest BCUT2D eigenvalue weighted by Crippen LogP contribution is -2.44. The highest BCUT2D eigenvalue weighted by Crippen LogP contribution is 2.33. The SMILES string of the molecule is COC(C)(COC1(OO)CCCCC1)OO. The van der Waals surface area contributed by atoms with Gasteiger partial charge >= 0.3 is 0 Å². The lowest BCUT2D eigenvalue weighted by molar-refractivity contribution is -0.447. The van der Waals surface area contributed by atoms with Crippen LogP contribution in [-0.2, 0) is 19.2 Å². The molecule has 1 unspecified atom stereocenters. The molecule has 0 bridgehead atoms. The van der Waals surface area contributed by atoms with E-state index in [2.05, 4.69) is 9.78 Å². The molecule has 0 saturated heterocycles. The van der Waals surface area contributed by atoms with Crippen molar-refractivity contribution < 1.29 is 29.8 Å². The fourth-order valence-electron chi connectivity index (χ4n) is 1.74. The summed E-state index contributed by atoms with van der Waals surface area (Å²) in [7, 11) is 1.40. The highest BCUT2D eigenvalue weighted by molar-refractivity contribution is 4.75. The van der Waals surface area contributed by atoms with Gasteiger partial charge in [-0.05, 0) is 19.8 Å². The molecule has 1 aliphatic carbocycles. The largest absolute Gasteiger partial charge is 0.349 e. The van der Waals surface area contributed by atoms with Gasteiger partial charge in [-0.25, -0.2) is 20.3 Å². The maximum atomic E-state index is 8.91. The summed E-state index contributed by atoms with van der Waals surface area (Å²) in [6, 6.07) is 0. The van der Waals surface area contributed by atoms with Gasteiger partial charge in [0.25, 0.3) is 0 Å². The second kappa shape index (κ2) is 5.90. The molecule has 2 N–H and O–H groups in total. The molecule has 0 amide bonds. The van der Waals surface area contributed by atoms with Crippen LogP contribution in [0.5, 0.6) is 0 Å². The first-order valence-electron chi connectivity index (χ1n) is 5.44. The zero-order valence-corrected chi connectivity index (χ0v) is 9.77. The molecule has 1 aliphatic rings. The van der Waals surface area contributed by atoms with E-state index in [1.54, 1.807) is 0 Å². The summed E-state index contributed by atoms with van der Waals surface area (Å²) in [6.45, 7) is 1.50. The van der Waals surface area contributed by atoms with Crippen LogP contribution in [0.4, 0.5) is 0 Å². The molecule has 0 spiro atoms. The van der Waals surface area contributed by atoms with E-state index in [1.807, 2.05) is 0 Å². The van der Waals surface area contributed by atoms with Crippen LogP contribution in [0, 0.1) is 0 Å². The van der Waals surface area contributed by atoms with Crippen molar-refractivity contribution in [1.29, 1.82) is 0 Å². The van der Waals surface area contributed by atoms with Gasteiger partial charge < -0.3 is 9.47 Å². The quantitative estimate of drug-likeness (QED) is 0.417. The van der Waals surface area contributed by atoms with Crippen LogP contribution >= 0.6 is 0 Å². The highest BCUT2D eigenvalue weighted by Gasteiger charge is 2.38. The Kier molecular flexibility index (Phi) is 5.10. The zero-order valence-electron chi connectivity index (χ0n) is 9.77. The van der Waals surface area contributed by atoms with Crippen LogP contribution in [0.1, 0.15) is 39.0 Å². The monoisotopic (exact) mass is 236 g/mol. The molecule has 1 atom stereocenters. The molecule has 96 valence electrons. The van der Waals surface area contributed by atoms with Crippen molar-refractivity contribution in [1.82, 2.24) is 0 Å². The predicted molar refractivity (Wildman–Crippen MR) is 54.6 cm³/mol. The Hall–Kier alpha value is -0.240. The van der Waals surface area contributed by atoms with Gasteiger partial charge in [-0.2, -0.15) is 0 Å². The summed E-state index contributed by atoms with van der Waals surface area (Å²) in [5.74, 6) is -2.24. The molecule has 0 radical (unpaired) electrons. The number of methoxy groups -OCH3 is 1. The van der Waals surface area contributed by atoms with E-state index in [-0.39, 0.29) is 6.61 Å². The summed E-state index contributed by atoms with van der Waals surface area (Å²) < 4.78 is 10.4. The smallest absolute Gasteiger partial charge is 0.221 e. The molecule has 16 heavy (non-hydrogen) atoms. The molecule has 0 aliphatic heterocycles. The van der Waals surface area contributed by atoms with Crippen molar-refractivity contribution in [2.45, 2.75) is 50.6 Å². The third-order valence-electron chi connectivity index (χ3n) is 3.00. The minimum atomic E-state index is -1.25. The highest BCUT2D eigenvalue weighted by atomic mass is 17.2. The van der Waals surface area contributed by atoms with Gasteiger partial charge in [0.15, 0.2) is 0 Å². The number of hydrogen-bond acceptors (Lipinski definition) is 6. The minimum absolute atomic E-state index is 0.0272. The van der Waals surface area contributed by atoms with Crippen LogP contribution in [-0.4, -0.2) is 35.8 Å². The van der Waals surface area contributed by atoms with Gasteiger partial charge in [-0.15, -0.1) is 0 Å². The second-order valence-corrected chi connectivity index (χ2v) is 4.28. The van der Waals surface area contributed by atoms with E-state index in [4.69, 9.17) is 20.0 Å². The maximum Gasteiger partial charge on any atom is 0.221 e. The average molecular weight is 236 g/mol. The van der Waals surface area contributed by atoms with E-state index < -0.39 is 11.6 Å². The predicted octanol–water partition coefficient (Wildman–Crippen LogP) is 2.01. The van der Waals surface area contributed by atoms with Crippen LogP contribution in [0.2, 0.25) is 0 Å². The van der Waals surface area contributed by atoms with Gasteiger partial charge in [-0.3, -0.25) is 0 Å². The van der Waals surface area contributed by atoms with Crippen molar-refractivity contribution in [3.05, 3.63) is 0 Å². The molecule has 0 heterocycles. The van der Waals surface area contributed by atoms with Crippen molar-refractivity contribution in [2.75, 3.05) is 13.7 Å². The van der Waals surface area contributed by atoms with E-state index in [9.17, 15) is 0 Å². The molecule has 1 rings (SSSR count). The first-order valence-corrected chi connectivity index (χ1v) is 5.44. The van der Waals surface area contributed by atoms with Gasteiger partial charge in [0, 0.05) is 20.0 Å². The van der Waals surface area contributed by atoms with Crippen LogP contribution in [0.25, 0.3) is 0 Å². The summed E-state index contributed by atoms with van der Waals surface area (Å²) in [5, 5.41) is 17.6. The number of ether oxygens (including phenoxy) is 2. The second-order valence-electron chi connectivity index (χ2n) is 4.28. The van der Waals surface area contributed by atoms with E-state index in [0.717, 1.165) is 19.3 Å². The summed E-state index contributed by atoms with van der Waals surface area (Å²) in [5.41, 5.74) is 0. The summed E-state index contributed by atoms with van der Waals surface area (Å²) >= 11 is 0.